The number of aliphatic hydroxyl groups is 1. The zero-order chi connectivity index (χ0) is 29.4. The van der Waals surface area contributed by atoms with Gasteiger partial charge in [0.2, 0.25) is 0 Å². The number of benzene rings is 1. The van der Waals surface area contributed by atoms with Crippen molar-refractivity contribution in [1.29, 1.82) is 0 Å². The topological polar surface area (TPSA) is 77.8 Å². The first-order valence-electron chi connectivity index (χ1n) is 14.0. The van der Waals surface area contributed by atoms with E-state index in [1.807, 2.05) is 26.1 Å². The molecule has 3 saturated heterocycles. The molecule has 3 aromatic rings. The molecule has 3 fully saturated rings. The van der Waals surface area contributed by atoms with Gasteiger partial charge in [-0.2, -0.15) is 4.98 Å². The summed E-state index contributed by atoms with van der Waals surface area (Å²) in [6.07, 6.45) is 4.83. The summed E-state index contributed by atoms with van der Waals surface area (Å²) in [4.78, 5) is 18.8. The van der Waals surface area contributed by atoms with Crippen molar-refractivity contribution in [1.82, 2.24) is 19.9 Å². The van der Waals surface area contributed by atoms with Crippen LogP contribution in [0.1, 0.15) is 36.8 Å². The number of hydrogen-bond donors (Lipinski definition) is 1. The normalized spacial score (nSPS) is 23.0. The highest BCUT2D eigenvalue weighted by atomic mass is 127. The molecule has 1 N–H and O–H groups in total. The molecule has 0 radical (unpaired) electrons. The number of aromatic nitrogens is 3. The van der Waals surface area contributed by atoms with Crippen LogP contribution < -0.4 is 14.5 Å². The lowest BCUT2D eigenvalue weighted by Crippen LogP contribution is -2.40. The predicted molar refractivity (Wildman–Crippen MR) is 166 cm³/mol. The zero-order valence-electron chi connectivity index (χ0n) is 23.0. The third kappa shape index (κ3) is 5.70. The summed E-state index contributed by atoms with van der Waals surface area (Å²) in [6, 6.07) is 3.57. The fourth-order valence-corrected chi connectivity index (χ4v) is 6.64. The molecule has 3 atom stereocenters. The molecule has 4 aliphatic heterocycles. The van der Waals surface area contributed by atoms with E-state index >= 15 is 4.39 Å². The van der Waals surface area contributed by atoms with Gasteiger partial charge in [-0.05, 0) is 64.0 Å². The van der Waals surface area contributed by atoms with Gasteiger partial charge in [0.05, 0.1) is 36.4 Å². The van der Waals surface area contributed by atoms with Crippen LogP contribution in [0.4, 0.5) is 30.5 Å². The summed E-state index contributed by atoms with van der Waals surface area (Å²) in [5.74, 6) is 2.14. The number of halogens is 4. The smallest absolute Gasteiger partial charge is 0.316 e. The van der Waals surface area contributed by atoms with Crippen LogP contribution in [0.3, 0.4) is 0 Å². The number of anilines is 3. The van der Waals surface area contributed by atoms with Crippen molar-refractivity contribution in [2.75, 3.05) is 49.6 Å². The third-order valence-electron chi connectivity index (χ3n) is 8.22. The monoisotopic (exact) mass is 710 g/mol. The van der Waals surface area contributed by atoms with Crippen molar-refractivity contribution in [3.8, 4) is 17.2 Å². The molecule has 222 valence electrons. The highest BCUT2D eigenvalue weighted by Gasteiger charge is 2.35. The van der Waals surface area contributed by atoms with Gasteiger partial charge in [-0.1, -0.05) is 6.07 Å². The van der Waals surface area contributed by atoms with Crippen molar-refractivity contribution in [2.45, 2.75) is 50.4 Å². The summed E-state index contributed by atoms with van der Waals surface area (Å²) < 4.78 is 48.5. The number of pyridine rings is 1. The fraction of sp³-hybridized carbons (Fsp3) is 0.483. The molecular weight excluding hydrogens is 680 g/mol. The molecular formula is C29H30F3IN6O2S. The summed E-state index contributed by atoms with van der Waals surface area (Å²) >= 11 is 2.01. The first kappa shape index (κ1) is 29.5. The molecule has 0 spiro atoms. The minimum absolute atomic E-state index is 0.0314. The lowest BCUT2D eigenvalue weighted by atomic mass is 9.95. The maximum atomic E-state index is 16.0. The average Bonchev–Trinajstić information content (AvgIpc) is 3.54. The van der Waals surface area contributed by atoms with Gasteiger partial charge < -0.3 is 19.6 Å². The van der Waals surface area contributed by atoms with E-state index < -0.39 is 23.9 Å². The van der Waals surface area contributed by atoms with Crippen LogP contribution >= 0.6 is 30.1 Å². The number of aliphatic hydroxyl groups excluding tert-OH is 1. The van der Waals surface area contributed by atoms with Gasteiger partial charge in [-0.15, -0.1) is 0 Å². The van der Waals surface area contributed by atoms with Gasteiger partial charge in [0.25, 0.3) is 0 Å². The van der Waals surface area contributed by atoms with E-state index in [9.17, 15) is 13.9 Å². The van der Waals surface area contributed by atoms with Crippen LogP contribution in [0.5, 0.6) is 6.01 Å². The van der Waals surface area contributed by atoms with E-state index in [4.69, 9.17) is 4.74 Å². The van der Waals surface area contributed by atoms with Crippen LogP contribution in [0, 0.1) is 22.8 Å². The lowest BCUT2D eigenvalue weighted by molar-refractivity contribution is 0.178. The fourth-order valence-electron chi connectivity index (χ4n) is 6.17. The Morgan fingerprint density at radius 3 is 2.67 bits per heavy atom. The summed E-state index contributed by atoms with van der Waals surface area (Å²) in [6.45, 7) is 3.45. The zero-order valence-corrected chi connectivity index (χ0v) is 26.0. The molecule has 7 rings (SSSR count). The minimum atomic E-state index is -0.785. The Morgan fingerprint density at radius 2 is 1.95 bits per heavy atom. The number of rotatable bonds is 3. The molecule has 1 aromatic carbocycles. The molecule has 13 heteroatoms. The number of fused-ring (bicyclic) bond motifs is 3. The molecule has 2 aromatic heterocycles. The Morgan fingerprint density at radius 1 is 1.12 bits per heavy atom. The van der Waals surface area contributed by atoms with Gasteiger partial charge in [-0.25, -0.2) is 23.1 Å². The molecule has 0 amide bonds. The Bertz CT molecular complexity index is 1540. The van der Waals surface area contributed by atoms with Crippen LogP contribution in [0.2, 0.25) is 0 Å². The van der Waals surface area contributed by atoms with Crippen LogP contribution in [0.25, 0.3) is 10.9 Å². The minimum Gasteiger partial charge on any atom is -0.467 e. The molecule has 0 saturated carbocycles. The molecule has 0 aliphatic carbocycles. The van der Waals surface area contributed by atoms with E-state index in [0.29, 0.717) is 41.5 Å². The molecule has 0 bridgehead atoms. The summed E-state index contributed by atoms with van der Waals surface area (Å²) in [5, 5.41) is 13.8. The lowest BCUT2D eigenvalue weighted by Gasteiger charge is -2.37. The van der Waals surface area contributed by atoms with Gasteiger partial charge in [0.15, 0.2) is 11.6 Å². The largest absolute Gasteiger partial charge is 0.467 e. The van der Waals surface area contributed by atoms with Crippen molar-refractivity contribution in [3.05, 3.63) is 41.1 Å². The maximum Gasteiger partial charge on any atom is 0.316 e. The van der Waals surface area contributed by atoms with E-state index in [0.717, 1.165) is 32.5 Å². The van der Waals surface area contributed by atoms with Crippen LogP contribution in [-0.4, -0.2) is 83.1 Å². The molecule has 8 nitrogen and oxygen atoms in total. The second kappa shape index (κ2) is 12.6. The Kier molecular flexibility index (Phi) is 8.85. The quantitative estimate of drug-likeness (QED) is 0.293. The van der Waals surface area contributed by atoms with Crippen LogP contribution in [-0.2, 0) is 6.42 Å². The third-order valence-corrected chi connectivity index (χ3v) is 9.06. The highest BCUT2D eigenvalue weighted by Crippen LogP contribution is 2.41. The van der Waals surface area contributed by atoms with Crippen molar-refractivity contribution in [2.24, 2.45) is 0 Å². The molecule has 3 unspecified atom stereocenters. The Hall–Kier alpha value is -2.54. The van der Waals surface area contributed by atoms with E-state index in [1.54, 1.807) is 6.07 Å². The van der Waals surface area contributed by atoms with Crippen molar-refractivity contribution in [3.63, 3.8) is 0 Å². The van der Waals surface area contributed by atoms with Gasteiger partial charge in [0, 0.05) is 59.5 Å². The van der Waals surface area contributed by atoms with Gasteiger partial charge >= 0.3 is 6.01 Å². The van der Waals surface area contributed by atoms with E-state index in [-0.39, 0.29) is 29.5 Å². The number of hydrogen-bond acceptors (Lipinski definition) is 9. The van der Waals surface area contributed by atoms with Crippen molar-refractivity contribution >= 4 is 58.4 Å². The number of nitrogens with zero attached hydrogens (tertiary/aromatic N) is 6. The molecule has 4 aliphatic rings. The number of β-amino-alcohol motifs (C(OH)–C–C–N with tert-alkyl or cyclic N) is 1. The standard InChI is InChI=1S/C22H18F2IN5O2S.C7H12FN/c1-32-22-26-10-15-18(27-22)17(24)21(28-20(15)29-6-2-7-29)30-11-13(31)9-12-3-4-16(23)14(19(12)30)5-8-33-25;8-6-4-7-2-1-3-9(7)5-6/h3-4,10,13,31H,2,6-7,9,11H2,1H3;6-7H,1-5H2. The maximum absolute atomic E-state index is 16.0. The van der Waals surface area contributed by atoms with Crippen molar-refractivity contribution < 1.29 is 23.0 Å². The summed E-state index contributed by atoms with van der Waals surface area (Å²) in [5.41, 5.74) is 1.29. The second-order valence-electron chi connectivity index (χ2n) is 10.9. The van der Waals surface area contributed by atoms with Crippen LogP contribution in [0.15, 0.2) is 18.3 Å². The van der Waals surface area contributed by atoms with Gasteiger partial charge in [-0.3, -0.25) is 4.90 Å². The van der Waals surface area contributed by atoms with E-state index in [2.05, 4.69) is 31.0 Å². The SMILES string of the molecule is COc1ncc2c(N3CCC3)nc(N3CC(O)Cc4ccc(F)c(C#CSI)c43)c(F)c2n1.FC1CC2CCCN2C1. The first-order valence-corrected chi connectivity index (χ1v) is 17.3. The Balaban J connectivity index is 0.000000296. The van der Waals surface area contributed by atoms with E-state index in [1.165, 1.54) is 46.0 Å². The number of alkyl halides is 1. The highest BCUT2D eigenvalue weighted by molar-refractivity contribution is 14.2. The average molecular weight is 711 g/mol. The molecule has 6 heterocycles. The first-order chi connectivity index (χ1) is 20.4. The predicted octanol–water partition coefficient (Wildman–Crippen LogP) is 5.16. The second-order valence-corrected chi connectivity index (χ2v) is 12.5. The summed E-state index contributed by atoms with van der Waals surface area (Å²) in [7, 11) is 2.64. The number of ether oxygens (including phenoxy) is 1. The van der Waals surface area contributed by atoms with Gasteiger partial charge in [0.1, 0.15) is 23.3 Å². The number of methoxy groups -OCH3 is 1. The Labute approximate surface area is 258 Å². The molecule has 42 heavy (non-hydrogen) atoms.